The molecule has 1 saturated heterocycles. The molecule has 1 amide bonds. The molecule has 4 rings (SSSR count). The zero-order valence-electron chi connectivity index (χ0n) is 16.0. The number of anilines is 2. The van der Waals surface area contributed by atoms with E-state index in [1.807, 2.05) is 30.3 Å². The van der Waals surface area contributed by atoms with Crippen molar-refractivity contribution in [3.63, 3.8) is 0 Å². The molecule has 0 unspecified atom stereocenters. The molecule has 29 heavy (non-hydrogen) atoms. The number of amides is 1. The molecule has 0 aliphatic carbocycles. The van der Waals surface area contributed by atoms with Gasteiger partial charge in [-0.2, -0.15) is 10.1 Å². The van der Waals surface area contributed by atoms with E-state index in [2.05, 4.69) is 10.0 Å². The summed E-state index contributed by atoms with van der Waals surface area (Å²) in [5, 5.41) is 14.7. The summed E-state index contributed by atoms with van der Waals surface area (Å²) in [5.41, 5.74) is 3.89. The van der Waals surface area contributed by atoms with Crippen LogP contribution in [-0.4, -0.2) is 49.0 Å². The molecule has 0 atom stereocenters. The van der Waals surface area contributed by atoms with Gasteiger partial charge in [0.25, 0.3) is 5.91 Å². The SMILES string of the molecule is CC1=NN(c2ccc(C(=O)O)cc2)C(=O)C1=Cc1ccc(N2CCOCC2)cc1. The molecule has 0 aromatic heterocycles. The number of carbonyl (C=O) groups is 2. The zero-order chi connectivity index (χ0) is 20.4. The maximum Gasteiger partial charge on any atom is 0.335 e. The minimum atomic E-state index is -1.01. The summed E-state index contributed by atoms with van der Waals surface area (Å²) < 4.78 is 5.39. The topological polar surface area (TPSA) is 82.4 Å². The van der Waals surface area contributed by atoms with Gasteiger partial charge in [0.2, 0.25) is 0 Å². The Kier molecular flexibility index (Phi) is 5.14. The number of carboxylic acid groups (broad SMARTS) is 1. The number of nitrogens with zero attached hydrogens (tertiary/aromatic N) is 3. The quantitative estimate of drug-likeness (QED) is 0.810. The van der Waals surface area contributed by atoms with E-state index in [0.29, 0.717) is 17.0 Å². The van der Waals surface area contributed by atoms with Crippen molar-refractivity contribution in [1.29, 1.82) is 0 Å². The van der Waals surface area contributed by atoms with Crippen LogP contribution in [0.2, 0.25) is 0 Å². The molecule has 148 valence electrons. The Hall–Kier alpha value is -3.45. The van der Waals surface area contributed by atoms with Crippen LogP contribution in [0.1, 0.15) is 22.8 Å². The van der Waals surface area contributed by atoms with Crippen LogP contribution in [0.4, 0.5) is 11.4 Å². The van der Waals surface area contributed by atoms with E-state index in [-0.39, 0.29) is 11.5 Å². The predicted octanol–water partition coefficient (Wildman–Crippen LogP) is 3.03. The highest BCUT2D eigenvalue weighted by molar-refractivity contribution is 6.32. The first kappa shape index (κ1) is 18.9. The third-order valence-corrected chi connectivity index (χ3v) is 5.00. The Labute approximate surface area is 168 Å². The summed E-state index contributed by atoms with van der Waals surface area (Å²) in [4.78, 5) is 26.1. The Balaban J connectivity index is 1.53. The average Bonchev–Trinajstić information content (AvgIpc) is 3.03. The number of hydrogen-bond acceptors (Lipinski definition) is 5. The van der Waals surface area contributed by atoms with Crippen LogP contribution >= 0.6 is 0 Å². The predicted molar refractivity (Wildman–Crippen MR) is 111 cm³/mol. The number of benzene rings is 2. The molecule has 2 aromatic rings. The largest absolute Gasteiger partial charge is 0.478 e. The van der Waals surface area contributed by atoms with E-state index in [9.17, 15) is 9.59 Å². The van der Waals surface area contributed by atoms with Crippen LogP contribution < -0.4 is 9.91 Å². The van der Waals surface area contributed by atoms with Crippen LogP contribution in [0.3, 0.4) is 0 Å². The Morgan fingerprint density at radius 1 is 1.03 bits per heavy atom. The highest BCUT2D eigenvalue weighted by Crippen LogP contribution is 2.26. The van der Waals surface area contributed by atoms with Gasteiger partial charge in [-0.25, -0.2) is 4.79 Å². The third-order valence-electron chi connectivity index (χ3n) is 5.00. The van der Waals surface area contributed by atoms with Crippen molar-refractivity contribution < 1.29 is 19.4 Å². The van der Waals surface area contributed by atoms with Crippen LogP contribution in [0, 0.1) is 0 Å². The van der Waals surface area contributed by atoms with Gasteiger partial charge in [-0.05, 0) is 55.0 Å². The van der Waals surface area contributed by atoms with Crippen molar-refractivity contribution in [2.45, 2.75) is 6.92 Å². The monoisotopic (exact) mass is 391 g/mol. The highest BCUT2D eigenvalue weighted by atomic mass is 16.5. The number of carbonyl (C=O) groups excluding carboxylic acids is 1. The lowest BCUT2D eigenvalue weighted by Crippen LogP contribution is -2.36. The van der Waals surface area contributed by atoms with E-state index in [4.69, 9.17) is 9.84 Å². The van der Waals surface area contributed by atoms with Gasteiger partial charge in [-0.15, -0.1) is 0 Å². The molecule has 2 aliphatic rings. The van der Waals surface area contributed by atoms with Crippen LogP contribution in [0.15, 0.2) is 59.2 Å². The second-order valence-corrected chi connectivity index (χ2v) is 6.90. The van der Waals surface area contributed by atoms with E-state index >= 15 is 0 Å². The number of hydrogen-bond donors (Lipinski definition) is 1. The van der Waals surface area contributed by atoms with Crippen molar-refractivity contribution in [2.75, 3.05) is 36.2 Å². The van der Waals surface area contributed by atoms with Gasteiger partial charge in [0.05, 0.1) is 35.7 Å². The van der Waals surface area contributed by atoms with Gasteiger partial charge in [0.15, 0.2) is 0 Å². The van der Waals surface area contributed by atoms with Crippen LogP contribution in [-0.2, 0) is 9.53 Å². The zero-order valence-corrected chi connectivity index (χ0v) is 16.0. The first-order valence-corrected chi connectivity index (χ1v) is 9.41. The number of morpholine rings is 1. The van der Waals surface area contributed by atoms with E-state index < -0.39 is 5.97 Å². The lowest BCUT2D eigenvalue weighted by Gasteiger charge is -2.28. The summed E-state index contributed by atoms with van der Waals surface area (Å²) in [6.45, 7) is 5.01. The summed E-state index contributed by atoms with van der Waals surface area (Å²) in [6.07, 6.45) is 1.83. The molecule has 0 bridgehead atoms. The van der Waals surface area contributed by atoms with E-state index in [1.54, 1.807) is 19.1 Å². The normalized spacial score (nSPS) is 18.3. The number of ether oxygens (including phenoxy) is 1. The van der Waals surface area contributed by atoms with Crippen molar-refractivity contribution in [2.24, 2.45) is 5.10 Å². The molecule has 0 spiro atoms. The lowest BCUT2D eigenvalue weighted by atomic mass is 10.1. The minimum absolute atomic E-state index is 0.164. The summed E-state index contributed by atoms with van der Waals surface area (Å²) in [7, 11) is 0. The molecule has 2 aromatic carbocycles. The maximum absolute atomic E-state index is 12.9. The van der Waals surface area contributed by atoms with Crippen molar-refractivity contribution in [3.05, 3.63) is 65.2 Å². The number of hydrazone groups is 1. The van der Waals surface area contributed by atoms with Gasteiger partial charge < -0.3 is 14.7 Å². The van der Waals surface area contributed by atoms with Gasteiger partial charge >= 0.3 is 5.97 Å². The maximum atomic E-state index is 12.9. The van der Waals surface area contributed by atoms with Gasteiger partial charge in [-0.1, -0.05) is 12.1 Å². The first-order chi connectivity index (χ1) is 14.0. The molecule has 1 N–H and O–H groups in total. The van der Waals surface area contributed by atoms with Crippen LogP contribution in [0.5, 0.6) is 0 Å². The Morgan fingerprint density at radius 3 is 2.28 bits per heavy atom. The second-order valence-electron chi connectivity index (χ2n) is 6.90. The fourth-order valence-electron chi connectivity index (χ4n) is 3.37. The van der Waals surface area contributed by atoms with E-state index in [0.717, 1.165) is 37.6 Å². The molecular weight excluding hydrogens is 370 g/mol. The lowest BCUT2D eigenvalue weighted by molar-refractivity contribution is -0.114. The van der Waals surface area contributed by atoms with E-state index in [1.165, 1.54) is 17.1 Å². The smallest absolute Gasteiger partial charge is 0.335 e. The molecule has 0 saturated carbocycles. The summed E-state index contributed by atoms with van der Waals surface area (Å²) in [5.74, 6) is -1.24. The first-order valence-electron chi connectivity index (χ1n) is 9.41. The molecule has 2 aliphatic heterocycles. The fraction of sp³-hybridized carbons (Fsp3) is 0.227. The third kappa shape index (κ3) is 3.90. The second kappa shape index (κ2) is 7.89. The fourth-order valence-corrected chi connectivity index (χ4v) is 3.37. The molecule has 2 heterocycles. The number of carboxylic acids is 1. The minimum Gasteiger partial charge on any atom is -0.478 e. The number of aromatic carboxylic acids is 1. The average molecular weight is 391 g/mol. The van der Waals surface area contributed by atoms with Crippen molar-refractivity contribution in [1.82, 2.24) is 0 Å². The van der Waals surface area contributed by atoms with Crippen LogP contribution in [0.25, 0.3) is 6.08 Å². The Bertz CT molecular complexity index is 988. The molecular formula is C22H21N3O4. The van der Waals surface area contributed by atoms with Crippen molar-refractivity contribution in [3.8, 4) is 0 Å². The Morgan fingerprint density at radius 2 is 1.66 bits per heavy atom. The highest BCUT2D eigenvalue weighted by Gasteiger charge is 2.28. The standard InChI is InChI=1S/C22H21N3O4/c1-15-20(14-16-2-6-18(7-3-16)24-10-12-29-13-11-24)21(26)25(23-15)19-8-4-17(5-9-19)22(27)28/h2-9,14H,10-13H2,1H3,(H,27,28). The molecule has 7 heteroatoms. The summed E-state index contributed by atoms with van der Waals surface area (Å²) >= 11 is 0. The van der Waals surface area contributed by atoms with Gasteiger partial charge in [-0.3, -0.25) is 4.79 Å². The molecule has 7 nitrogen and oxygen atoms in total. The molecule has 1 fully saturated rings. The van der Waals surface area contributed by atoms with Crippen molar-refractivity contribution >= 4 is 35.0 Å². The molecule has 0 radical (unpaired) electrons. The summed E-state index contributed by atoms with van der Waals surface area (Å²) in [6, 6.07) is 14.2. The van der Waals surface area contributed by atoms with Gasteiger partial charge in [0, 0.05) is 18.8 Å². The number of rotatable bonds is 4. The van der Waals surface area contributed by atoms with Gasteiger partial charge in [0.1, 0.15) is 0 Å².